The average Bonchev–Trinajstić information content (AvgIpc) is 2.38. The number of carboxylic acids is 1. The van der Waals surface area contributed by atoms with Crippen molar-refractivity contribution in [3.05, 3.63) is 53.5 Å². The van der Waals surface area contributed by atoms with Gasteiger partial charge in [0.2, 0.25) is 0 Å². The fourth-order valence-electron chi connectivity index (χ4n) is 1.40. The Bertz CT molecular complexity index is 555. The van der Waals surface area contributed by atoms with Crippen LogP contribution >= 0.6 is 11.8 Å². The molecule has 4 nitrogen and oxygen atoms in total. The van der Waals surface area contributed by atoms with Crippen molar-refractivity contribution in [2.75, 3.05) is 0 Å². The number of hydrogen-bond acceptors (Lipinski definition) is 4. The van der Waals surface area contributed by atoms with Gasteiger partial charge >= 0.3 is 5.97 Å². The van der Waals surface area contributed by atoms with Gasteiger partial charge in [0.25, 0.3) is 0 Å². The molecular weight excluding hydrogens is 248 g/mol. The van der Waals surface area contributed by atoms with Crippen LogP contribution in [0.2, 0.25) is 0 Å². The van der Waals surface area contributed by atoms with Crippen molar-refractivity contribution in [3.63, 3.8) is 0 Å². The average molecular weight is 260 g/mol. The fourth-order valence-corrected chi connectivity index (χ4v) is 2.28. The van der Waals surface area contributed by atoms with Gasteiger partial charge in [0.05, 0.1) is 16.3 Å². The Labute approximate surface area is 109 Å². The third-order valence-corrected chi connectivity index (χ3v) is 3.41. The van der Waals surface area contributed by atoms with E-state index in [9.17, 15) is 4.79 Å². The molecular formula is C13H12N2O2S. The van der Waals surface area contributed by atoms with Crippen LogP contribution in [0.15, 0.2) is 41.7 Å². The largest absolute Gasteiger partial charge is 0.478 e. The maximum Gasteiger partial charge on any atom is 0.337 e. The summed E-state index contributed by atoms with van der Waals surface area (Å²) in [5.41, 5.74) is 2.37. The fraction of sp³-hybridized carbons (Fsp3) is 0.154. The summed E-state index contributed by atoms with van der Waals surface area (Å²) in [4.78, 5) is 19.1. The zero-order chi connectivity index (χ0) is 13.0. The Balaban J connectivity index is 2.02. The first-order valence-electron chi connectivity index (χ1n) is 5.39. The van der Waals surface area contributed by atoms with Crippen molar-refractivity contribution in [3.8, 4) is 0 Å². The minimum Gasteiger partial charge on any atom is -0.478 e. The predicted molar refractivity (Wildman–Crippen MR) is 69.7 cm³/mol. The summed E-state index contributed by atoms with van der Waals surface area (Å²) in [6.07, 6.45) is 3.14. The lowest BCUT2D eigenvalue weighted by Crippen LogP contribution is -1.97. The standard InChI is InChI=1S/C13H12N2O2S/c1-9-3-2-6-14-11(9)8-18-12-5-4-10(7-15-12)13(16)17/h2-7H,8H2,1H3,(H,16,17). The van der Waals surface area contributed by atoms with E-state index >= 15 is 0 Å². The van der Waals surface area contributed by atoms with Gasteiger partial charge in [-0.05, 0) is 30.7 Å². The molecule has 0 spiro atoms. The van der Waals surface area contributed by atoms with Crippen LogP contribution in [-0.4, -0.2) is 21.0 Å². The molecule has 2 rings (SSSR count). The number of nitrogens with zero attached hydrogens (tertiary/aromatic N) is 2. The summed E-state index contributed by atoms with van der Waals surface area (Å²) < 4.78 is 0. The van der Waals surface area contributed by atoms with E-state index in [1.54, 1.807) is 30.1 Å². The number of rotatable bonds is 4. The molecule has 2 heterocycles. The van der Waals surface area contributed by atoms with E-state index in [2.05, 4.69) is 9.97 Å². The Kier molecular flexibility index (Phi) is 3.94. The zero-order valence-corrected chi connectivity index (χ0v) is 10.6. The first-order valence-corrected chi connectivity index (χ1v) is 6.38. The number of carboxylic acid groups (broad SMARTS) is 1. The van der Waals surface area contributed by atoms with Crippen molar-refractivity contribution in [2.24, 2.45) is 0 Å². The highest BCUT2D eigenvalue weighted by molar-refractivity contribution is 7.98. The van der Waals surface area contributed by atoms with Gasteiger partial charge in [-0.1, -0.05) is 6.07 Å². The lowest BCUT2D eigenvalue weighted by molar-refractivity contribution is 0.0696. The number of aromatic nitrogens is 2. The van der Waals surface area contributed by atoms with Gasteiger partial charge in [-0.15, -0.1) is 11.8 Å². The molecule has 1 N–H and O–H groups in total. The smallest absolute Gasteiger partial charge is 0.337 e. The number of aromatic carboxylic acids is 1. The summed E-state index contributed by atoms with van der Waals surface area (Å²) in [6, 6.07) is 7.20. The minimum absolute atomic E-state index is 0.202. The number of carbonyl (C=O) groups is 1. The monoisotopic (exact) mass is 260 g/mol. The molecule has 2 aromatic rings. The summed E-state index contributed by atoms with van der Waals surface area (Å²) in [5.74, 6) is -0.230. The molecule has 2 aromatic heterocycles. The second kappa shape index (κ2) is 5.64. The molecule has 0 saturated carbocycles. The van der Waals surface area contributed by atoms with E-state index in [1.807, 2.05) is 19.1 Å². The van der Waals surface area contributed by atoms with Gasteiger partial charge in [-0.2, -0.15) is 0 Å². The molecule has 0 bridgehead atoms. The highest BCUT2D eigenvalue weighted by Crippen LogP contribution is 2.21. The van der Waals surface area contributed by atoms with E-state index in [1.165, 1.54) is 6.20 Å². The van der Waals surface area contributed by atoms with Crippen LogP contribution in [0.3, 0.4) is 0 Å². The third kappa shape index (κ3) is 3.07. The highest BCUT2D eigenvalue weighted by Gasteiger charge is 2.04. The van der Waals surface area contributed by atoms with E-state index in [0.29, 0.717) is 0 Å². The Morgan fingerprint density at radius 3 is 2.78 bits per heavy atom. The van der Waals surface area contributed by atoms with Gasteiger partial charge in [0, 0.05) is 18.1 Å². The highest BCUT2D eigenvalue weighted by atomic mass is 32.2. The second-order valence-electron chi connectivity index (χ2n) is 3.75. The molecule has 0 amide bonds. The van der Waals surface area contributed by atoms with Crippen LogP contribution in [0.5, 0.6) is 0 Å². The predicted octanol–water partition coefficient (Wildman–Crippen LogP) is 2.78. The summed E-state index contributed by atoms with van der Waals surface area (Å²) >= 11 is 1.54. The van der Waals surface area contributed by atoms with E-state index in [0.717, 1.165) is 22.0 Å². The molecule has 0 unspecified atom stereocenters. The zero-order valence-electron chi connectivity index (χ0n) is 9.83. The Morgan fingerprint density at radius 2 is 2.17 bits per heavy atom. The molecule has 0 aliphatic rings. The summed E-state index contributed by atoms with van der Waals surface area (Å²) in [6.45, 7) is 2.02. The van der Waals surface area contributed by atoms with Crippen molar-refractivity contribution < 1.29 is 9.90 Å². The quantitative estimate of drug-likeness (QED) is 0.856. The minimum atomic E-state index is -0.959. The maximum absolute atomic E-state index is 10.7. The van der Waals surface area contributed by atoms with Gasteiger partial charge in [-0.25, -0.2) is 9.78 Å². The van der Waals surface area contributed by atoms with Crippen LogP contribution in [0.25, 0.3) is 0 Å². The van der Waals surface area contributed by atoms with Crippen LogP contribution in [0, 0.1) is 6.92 Å². The van der Waals surface area contributed by atoms with Crippen LogP contribution in [0.4, 0.5) is 0 Å². The Hall–Kier alpha value is -1.88. The second-order valence-corrected chi connectivity index (χ2v) is 4.74. The van der Waals surface area contributed by atoms with Crippen LogP contribution < -0.4 is 0 Å². The topological polar surface area (TPSA) is 63.1 Å². The maximum atomic E-state index is 10.7. The van der Waals surface area contributed by atoms with Crippen molar-refractivity contribution >= 4 is 17.7 Å². The molecule has 0 aromatic carbocycles. The molecule has 0 atom stereocenters. The SMILES string of the molecule is Cc1cccnc1CSc1ccc(C(=O)O)cn1. The van der Waals surface area contributed by atoms with Gasteiger partial charge in [0.1, 0.15) is 0 Å². The van der Waals surface area contributed by atoms with E-state index in [4.69, 9.17) is 5.11 Å². The molecule has 0 radical (unpaired) electrons. The normalized spacial score (nSPS) is 10.3. The van der Waals surface area contributed by atoms with Gasteiger partial charge in [0.15, 0.2) is 0 Å². The first kappa shape index (κ1) is 12.6. The molecule has 5 heteroatoms. The number of hydrogen-bond donors (Lipinski definition) is 1. The third-order valence-electron chi connectivity index (χ3n) is 2.46. The molecule has 92 valence electrons. The van der Waals surface area contributed by atoms with Crippen LogP contribution in [-0.2, 0) is 5.75 Å². The van der Waals surface area contributed by atoms with Crippen molar-refractivity contribution in [2.45, 2.75) is 17.7 Å². The number of thioether (sulfide) groups is 1. The van der Waals surface area contributed by atoms with Gasteiger partial charge < -0.3 is 5.11 Å². The summed E-state index contributed by atoms with van der Waals surface area (Å²) in [7, 11) is 0. The molecule has 0 fully saturated rings. The van der Waals surface area contributed by atoms with Crippen molar-refractivity contribution in [1.82, 2.24) is 9.97 Å². The molecule has 0 aliphatic heterocycles. The lowest BCUT2D eigenvalue weighted by Gasteiger charge is -2.03. The number of pyridine rings is 2. The summed E-state index contributed by atoms with van der Waals surface area (Å²) in [5, 5.41) is 9.56. The molecule has 0 saturated heterocycles. The number of aryl methyl sites for hydroxylation is 1. The molecule has 0 aliphatic carbocycles. The first-order chi connectivity index (χ1) is 8.66. The lowest BCUT2D eigenvalue weighted by atomic mass is 10.2. The van der Waals surface area contributed by atoms with E-state index in [-0.39, 0.29) is 5.56 Å². The van der Waals surface area contributed by atoms with Crippen LogP contribution in [0.1, 0.15) is 21.6 Å². The van der Waals surface area contributed by atoms with Gasteiger partial charge in [-0.3, -0.25) is 4.98 Å². The van der Waals surface area contributed by atoms with Crippen molar-refractivity contribution in [1.29, 1.82) is 0 Å². The van der Waals surface area contributed by atoms with E-state index < -0.39 is 5.97 Å². The Morgan fingerprint density at radius 1 is 1.33 bits per heavy atom. The molecule has 18 heavy (non-hydrogen) atoms.